The van der Waals surface area contributed by atoms with Crippen molar-refractivity contribution in [3.05, 3.63) is 39.6 Å². The van der Waals surface area contributed by atoms with Gasteiger partial charge in [-0.05, 0) is 31.4 Å². The molecule has 1 aliphatic rings. The fraction of sp³-hybridized carbons (Fsp3) is 0.455. The number of aryl methyl sites for hydroxylation is 1. The zero-order valence-electron chi connectivity index (χ0n) is 17.9. The molecule has 1 saturated carbocycles. The highest BCUT2D eigenvalue weighted by atomic mass is 35.5. The van der Waals surface area contributed by atoms with Crippen LogP contribution < -0.4 is 9.64 Å². The lowest BCUT2D eigenvalue weighted by Gasteiger charge is -2.27. The van der Waals surface area contributed by atoms with Crippen molar-refractivity contribution < 1.29 is 14.3 Å². The summed E-state index contributed by atoms with van der Waals surface area (Å²) in [7, 11) is 3.22. The van der Waals surface area contributed by atoms with Gasteiger partial charge < -0.3 is 14.4 Å². The molecule has 0 atom stereocenters. The molecular weight excluding hydrogens is 436 g/mol. The van der Waals surface area contributed by atoms with Crippen LogP contribution in [0.25, 0.3) is 10.3 Å². The van der Waals surface area contributed by atoms with Crippen molar-refractivity contribution in [2.45, 2.75) is 38.6 Å². The Labute approximate surface area is 190 Å². The summed E-state index contributed by atoms with van der Waals surface area (Å²) in [5, 5.41) is 1.36. The number of ketones is 1. The molecule has 3 heterocycles. The molecule has 9 heteroatoms. The predicted molar refractivity (Wildman–Crippen MR) is 123 cm³/mol. The van der Waals surface area contributed by atoms with Crippen LogP contribution in [0.5, 0.6) is 5.88 Å². The summed E-state index contributed by atoms with van der Waals surface area (Å²) in [5.74, 6) is 0.423. The third-order valence-corrected chi connectivity index (χ3v) is 6.39. The van der Waals surface area contributed by atoms with Crippen LogP contribution in [0.4, 0.5) is 5.69 Å². The number of carbonyl (C=O) groups is 1. The van der Waals surface area contributed by atoms with Crippen molar-refractivity contribution in [1.82, 2.24) is 15.0 Å². The van der Waals surface area contributed by atoms with Gasteiger partial charge in [0.15, 0.2) is 0 Å². The Balaban J connectivity index is 1.63. The number of halogens is 1. The van der Waals surface area contributed by atoms with Crippen molar-refractivity contribution in [2.75, 3.05) is 32.3 Å². The molecular formula is C22H25ClN4O3S. The average molecular weight is 461 g/mol. The number of methoxy groups -OCH3 is 2. The Morgan fingerprint density at radius 3 is 2.74 bits per heavy atom. The number of pyridine rings is 2. The molecule has 0 bridgehead atoms. The molecule has 0 N–H and O–H groups in total. The number of nitrogens with zero attached hydrogens (tertiary/aromatic N) is 4. The highest BCUT2D eigenvalue weighted by molar-refractivity contribution is 7.18. The lowest BCUT2D eigenvalue weighted by atomic mass is 10.0. The molecule has 0 saturated heterocycles. The molecule has 0 amide bonds. The van der Waals surface area contributed by atoms with E-state index in [-0.39, 0.29) is 18.6 Å². The van der Waals surface area contributed by atoms with Crippen LogP contribution in [0, 0.1) is 6.92 Å². The van der Waals surface area contributed by atoms with Crippen LogP contribution >= 0.6 is 22.9 Å². The number of anilines is 1. The fourth-order valence-electron chi connectivity index (χ4n) is 3.72. The first-order valence-corrected chi connectivity index (χ1v) is 11.4. The molecule has 3 aromatic rings. The number of Topliss-reactive ketones (excluding diaryl/α,β-unsaturated/α-hetero) is 1. The van der Waals surface area contributed by atoms with Gasteiger partial charge in [-0.2, -0.15) is 0 Å². The predicted octanol–water partition coefficient (Wildman–Crippen LogP) is 4.03. The first kappa shape index (κ1) is 21.9. The van der Waals surface area contributed by atoms with E-state index in [1.54, 1.807) is 30.7 Å². The normalized spacial score (nSPS) is 13.5. The van der Waals surface area contributed by atoms with E-state index in [1.807, 2.05) is 13.1 Å². The minimum Gasteiger partial charge on any atom is -0.480 e. The van der Waals surface area contributed by atoms with E-state index < -0.39 is 0 Å². The maximum absolute atomic E-state index is 13.0. The molecule has 3 aromatic heterocycles. The van der Waals surface area contributed by atoms with Gasteiger partial charge in [0.25, 0.3) is 0 Å². The minimum atomic E-state index is 0.0693. The lowest BCUT2D eigenvalue weighted by molar-refractivity contribution is -0.117. The molecule has 1 aliphatic carbocycles. The summed E-state index contributed by atoms with van der Waals surface area (Å²) in [5.41, 5.74) is 3.56. The van der Waals surface area contributed by atoms with Gasteiger partial charge in [-0.15, -0.1) is 0 Å². The second-order valence-electron chi connectivity index (χ2n) is 7.66. The van der Waals surface area contributed by atoms with Gasteiger partial charge in [0.1, 0.15) is 21.2 Å². The van der Waals surface area contributed by atoms with E-state index in [9.17, 15) is 4.79 Å². The van der Waals surface area contributed by atoms with Crippen LogP contribution in [0.1, 0.15) is 29.0 Å². The second-order valence-corrected chi connectivity index (χ2v) is 9.25. The third kappa shape index (κ3) is 4.97. The van der Waals surface area contributed by atoms with E-state index in [0.29, 0.717) is 23.6 Å². The highest BCUT2D eigenvalue weighted by Crippen LogP contribution is 2.39. The highest BCUT2D eigenvalue weighted by Gasteiger charge is 2.32. The number of carbonyl (C=O) groups excluding carboxylic acids is 1. The molecule has 4 rings (SSSR count). The van der Waals surface area contributed by atoms with E-state index in [1.165, 1.54) is 7.11 Å². The molecule has 0 aliphatic heterocycles. The third-order valence-electron chi connectivity index (χ3n) is 5.24. The van der Waals surface area contributed by atoms with E-state index in [2.05, 4.69) is 14.9 Å². The zero-order chi connectivity index (χ0) is 22.0. The Morgan fingerprint density at radius 2 is 2.06 bits per heavy atom. The van der Waals surface area contributed by atoms with Crippen LogP contribution in [-0.4, -0.2) is 54.1 Å². The Morgan fingerprint density at radius 1 is 1.26 bits per heavy atom. The first-order chi connectivity index (χ1) is 15.0. The molecule has 0 spiro atoms. The number of rotatable bonds is 10. The van der Waals surface area contributed by atoms with Crippen molar-refractivity contribution in [2.24, 2.45) is 0 Å². The average Bonchev–Trinajstić information content (AvgIpc) is 3.50. The summed E-state index contributed by atoms with van der Waals surface area (Å²) in [6, 6.07) is 2.19. The SMILES string of the molecule is COCCN(c1c(CC(=O)Cc2cnc(OC)c(Cl)c2)cnc2sc(C)nc12)C1CC1. The smallest absolute Gasteiger partial charge is 0.232 e. The van der Waals surface area contributed by atoms with E-state index in [4.69, 9.17) is 26.1 Å². The van der Waals surface area contributed by atoms with Crippen molar-refractivity contribution in [3.8, 4) is 5.88 Å². The van der Waals surface area contributed by atoms with Crippen molar-refractivity contribution >= 4 is 44.8 Å². The summed E-state index contributed by atoms with van der Waals surface area (Å²) < 4.78 is 10.4. The maximum Gasteiger partial charge on any atom is 0.232 e. The molecule has 0 aromatic carbocycles. The van der Waals surface area contributed by atoms with Crippen LogP contribution in [0.2, 0.25) is 5.02 Å². The van der Waals surface area contributed by atoms with Gasteiger partial charge in [-0.25, -0.2) is 15.0 Å². The lowest BCUT2D eigenvalue weighted by Crippen LogP contribution is -2.31. The quantitative estimate of drug-likeness (QED) is 0.452. The molecule has 1 fully saturated rings. The Bertz CT molecular complexity index is 1100. The molecule has 7 nitrogen and oxygen atoms in total. The van der Waals surface area contributed by atoms with Gasteiger partial charge in [0.2, 0.25) is 5.88 Å². The zero-order valence-corrected chi connectivity index (χ0v) is 19.4. The monoisotopic (exact) mass is 460 g/mol. The second kappa shape index (κ2) is 9.46. The van der Waals surface area contributed by atoms with Gasteiger partial charge in [0.05, 0.1) is 24.4 Å². The molecule has 31 heavy (non-hydrogen) atoms. The van der Waals surface area contributed by atoms with E-state index in [0.717, 1.165) is 51.6 Å². The topological polar surface area (TPSA) is 77.4 Å². The molecule has 164 valence electrons. The molecule has 0 radical (unpaired) electrons. The Hall–Kier alpha value is -2.29. The summed E-state index contributed by atoms with van der Waals surface area (Å²) in [6.07, 6.45) is 6.25. The van der Waals surface area contributed by atoms with Gasteiger partial charge in [-0.3, -0.25) is 4.79 Å². The van der Waals surface area contributed by atoms with E-state index >= 15 is 0 Å². The number of ether oxygens (including phenoxy) is 2. The number of fused-ring (bicyclic) bond motifs is 1. The van der Waals surface area contributed by atoms with Crippen molar-refractivity contribution in [1.29, 1.82) is 0 Å². The Kier molecular flexibility index (Phi) is 6.69. The van der Waals surface area contributed by atoms with Gasteiger partial charge >= 0.3 is 0 Å². The van der Waals surface area contributed by atoms with Crippen LogP contribution in [-0.2, 0) is 22.4 Å². The minimum absolute atomic E-state index is 0.0693. The van der Waals surface area contributed by atoms with Gasteiger partial charge in [-0.1, -0.05) is 22.9 Å². The fourth-order valence-corrected chi connectivity index (χ4v) is 4.75. The standard InChI is InChI=1S/C22H25ClN4O3S/c1-13-26-19-20(27(6-7-29-2)16-4-5-16)15(12-25-22(19)31-13)10-17(28)8-14-9-18(23)21(30-3)24-11-14/h9,11-12,16H,4-8,10H2,1-3H3. The number of aromatic nitrogens is 3. The summed E-state index contributed by atoms with van der Waals surface area (Å²) >= 11 is 7.74. The number of hydrogen-bond acceptors (Lipinski definition) is 8. The van der Waals surface area contributed by atoms with Crippen LogP contribution in [0.15, 0.2) is 18.5 Å². The number of hydrogen-bond donors (Lipinski definition) is 0. The maximum atomic E-state index is 13.0. The summed E-state index contributed by atoms with van der Waals surface area (Å²) in [4.78, 5) is 29.7. The number of thiazole rings is 1. The first-order valence-electron chi connectivity index (χ1n) is 10.2. The summed E-state index contributed by atoms with van der Waals surface area (Å²) in [6.45, 7) is 3.36. The van der Waals surface area contributed by atoms with Crippen molar-refractivity contribution in [3.63, 3.8) is 0 Å². The largest absolute Gasteiger partial charge is 0.480 e. The van der Waals surface area contributed by atoms with Gasteiger partial charge in [0, 0.05) is 50.5 Å². The van der Waals surface area contributed by atoms with Crippen LogP contribution in [0.3, 0.4) is 0 Å². The molecule has 0 unspecified atom stereocenters.